The van der Waals surface area contributed by atoms with Gasteiger partial charge in [0, 0.05) is 12.0 Å². The van der Waals surface area contributed by atoms with E-state index in [0.29, 0.717) is 12.3 Å². The summed E-state index contributed by atoms with van der Waals surface area (Å²) in [5.41, 5.74) is 7.19. The summed E-state index contributed by atoms with van der Waals surface area (Å²) in [6, 6.07) is 25.0. The SMILES string of the molecule is Cc1ccc(C(=O)Cc2ccc(CC(C)C)cc2)cc1.Cc1ccc(CC(C)C)cc1. The highest BCUT2D eigenvalue weighted by Gasteiger charge is 2.07. The Morgan fingerprint density at radius 1 is 0.581 bits per heavy atom. The number of Topliss-reactive ketones (excluding diaryl/α,β-unsaturated/α-hetero) is 1. The number of ketones is 1. The number of hydrogen-bond acceptors (Lipinski definition) is 1. The fourth-order valence-electron chi connectivity index (χ4n) is 3.49. The van der Waals surface area contributed by atoms with Crippen LogP contribution in [-0.2, 0) is 19.3 Å². The van der Waals surface area contributed by atoms with E-state index in [1.807, 2.05) is 31.2 Å². The van der Waals surface area contributed by atoms with Crippen LogP contribution in [0.2, 0.25) is 0 Å². The van der Waals surface area contributed by atoms with Gasteiger partial charge in [-0.15, -0.1) is 0 Å². The van der Waals surface area contributed by atoms with E-state index < -0.39 is 0 Å². The molecule has 0 spiro atoms. The van der Waals surface area contributed by atoms with Crippen LogP contribution in [-0.4, -0.2) is 5.78 Å². The van der Waals surface area contributed by atoms with Crippen molar-refractivity contribution in [1.82, 2.24) is 0 Å². The molecule has 3 rings (SSSR count). The maximum Gasteiger partial charge on any atom is 0.167 e. The second kappa shape index (κ2) is 12.2. The summed E-state index contributed by atoms with van der Waals surface area (Å²) in [5, 5.41) is 0. The minimum Gasteiger partial charge on any atom is -0.294 e. The monoisotopic (exact) mass is 414 g/mol. The van der Waals surface area contributed by atoms with Crippen molar-refractivity contribution in [2.24, 2.45) is 11.8 Å². The van der Waals surface area contributed by atoms with Crippen molar-refractivity contribution in [1.29, 1.82) is 0 Å². The second-order valence-electron chi connectivity index (χ2n) is 9.46. The molecular formula is C30H38O. The van der Waals surface area contributed by atoms with Gasteiger partial charge in [0.1, 0.15) is 0 Å². The summed E-state index contributed by atoms with van der Waals surface area (Å²) in [5.74, 6) is 1.61. The highest BCUT2D eigenvalue weighted by Crippen LogP contribution is 2.13. The quantitative estimate of drug-likeness (QED) is 0.360. The molecule has 31 heavy (non-hydrogen) atoms. The van der Waals surface area contributed by atoms with Crippen molar-refractivity contribution < 1.29 is 4.79 Å². The minimum absolute atomic E-state index is 0.182. The molecular weight excluding hydrogens is 376 g/mol. The molecule has 1 nitrogen and oxygen atoms in total. The van der Waals surface area contributed by atoms with Crippen molar-refractivity contribution in [2.45, 2.75) is 60.8 Å². The van der Waals surface area contributed by atoms with Crippen LogP contribution in [0.25, 0.3) is 0 Å². The Bertz CT molecular complexity index is 914. The first-order valence-corrected chi connectivity index (χ1v) is 11.5. The van der Waals surface area contributed by atoms with Crippen LogP contribution >= 0.6 is 0 Å². The summed E-state index contributed by atoms with van der Waals surface area (Å²) < 4.78 is 0. The predicted octanol–water partition coefficient (Wildman–Crippen LogP) is 7.81. The van der Waals surface area contributed by atoms with Crippen molar-refractivity contribution in [3.63, 3.8) is 0 Å². The molecule has 0 saturated heterocycles. The zero-order chi connectivity index (χ0) is 22.8. The van der Waals surface area contributed by atoms with Gasteiger partial charge in [-0.1, -0.05) is 112 Å². The van der Waals surface area contributed by atoms with E-state index in [9.17, 15) is 4.79 Å². The van der Waals surface area contributed by atoms with Gasteiger partial charge in [0.15, 0.2) is 5.78 Å². The number of aryl methyl sites for hydroxylation is 2. The minimum atomic E-state index is 0.182. The van der Waals surface area contributed by atoms with Crippen LogP contribution in [0.3, 0.4) is 0 Å². The second-order valence-corrected chi connectivity index (χ2v) is 9.46. The summed E-state index contributed by atoms with van der Waals surface area (Å²) >= 11 is 0. The Hall–Kier alpha value is -2.67. The standard InChI is InChI=1S/C19H22O.C11H16/c1-14(2)12-16-6-8-17(9-7-16)13-19(20)18-10-4-15(3)5-11-18;1-9(2)8-11-6-4-10(3)5-7-11/h4-11,14H,12-13H2,1-3H3;4-7,9H,8H2,1-3H3. The fraction of sp³-hybridized carbons (Fsp3) is 0.367. The lowest BCUT2D eigenvalue weighted by atomic mass is 9.98. The highest BCUT2D eigenvalue weighted by atomic mass is 16.1. The molecule has 0 amide bonds. The van der Waals surface area contributed by atoms with Crippen molar-refractivity contribution >= 4 is 5.78 Å². The smallest absolute Gasteiger partial charge is 0.167 e. The first kappa shape index (κ1) is 24.6. The van der Waals surface area contributed by atoms with E-state index in [1.54, 1.807) is 0 Å². The fourth-order valence-corrected chi connectivity index (χ4v) is 3.49. The van der Waals surface area contributed by atoms with Crippen molar-refractivity contribution in [3.8, 4) is 0 Å². The Balaban J connectivity index is 0.000000262. The lowest BCUT2D eigenvalue weighted by Gasteiger charge is -2.06. The zero-order valence-electron chi connectivity index (χ0n) is 20.1. The van der Waals surface area contributed by atoms with Crippen LogP contribution in [0, 0.1) is 25.7 Å². The van der Waals surface area contributed by atoms with E-state index in [1.165, 1.54) is 28.7 Å². The van der Waals surface area contributed by atoms with Crippen LogP contribution in [0.15, 0.2) is 72.8 Å². The summed E-state index contributed by atoms with van der Waals surface area (Å²) in [7, 11) is 0. The molecule has 0 fully saturated rings. The molecule has 3 aromatic rings. The average Bonchev–Trinajstić information content (AvgIpc) is 2.71. The molecule has 164 valence electrons. The number of carbonyl (C=O) groups excluding carboxylic acids is 1. The molecule has 0 bridgehead atoms. The molecule has 0 radical (unpaired) electrons. The Labute approximate surface area is 189 Å². The Kier molecular flexibility index (Phi) is 9.72. The lowest BCUT2D eigenvalue weighted by molar-refractivity contribution is 0.0993. The van der Waals surface area contributed by atoms with E-state index in [0.717, 1.165) is 23.5 Å². The highest BCUT2D eigenvalue weighted by molar-refractivity contribution is 5.97. The van der Waals surface area contributed by atoms with E-state index >= 15 is 0 Å². The predicted molar refractivity (Wildman–Crippen MR) is 134 cm³/mol. The number of rotatable bonds is 7. The summed E-state index contributed by atoms with van der Waals surface area (Å²) in [6.45, 7) is 13.1. The third-order valence-corrected chi connectivity index (χ3v) is 5.17. The molecule has 0 N–H and O–H groups in total. The van der Waals surface area contributed by atoms with E-state index in [-0.39, 0.29) is 5.78 Å². The van der Waals surface area contributed by atoms with Gasteiger partial charge in [0.05, 0.1) is 0 Å². The van der Waals surface area contributed by atoms with Crippen LogP contribution in [0.1, 0.15) is 65.9 Å². The normalized spacial score (nSPS) is 10.7. The van der Waals surface area contributed by atoms with Crippen molar-refractivity contribution in [2.75, 3.05) is 0 Å². The summed E-state index contributed by atoms with van der Waals surface area (Å²) in [6.07, 6.45) is 2.76. The maximum absolute atomic E-state index is 12.2. The third kappa shape index (κ3) is 9.34. The molecule has 0 saturated carbocycles. The lowest BCUT2D eigenvalue weighted by Crippen LogP contribution is -2.03. The topological polar surface area (TPSA) is 17.1 Å². The summed E-state index contributed by atoms with van der Waals surface area (Å²) in [4.78, 5) is 12.2. The molecule has 0 heterocycles. The van der Waals surface area contributed by atoms with Crippen LogP contribution < -0.4 is 0 Å². The Morgan fingerprint density at radius 2 is 0.935 bits per heavy atom. The molecule has 0 aromatic heterocycles. The largest absolute Gasteiger partial charge is 0.294 e. The number of benzene rings is 3. The number of hydrogen-bond donors (Lipinski definition) is 0. The van der Waals surface area contributed by atoms with Crippen molar-refractivity contribution in [3.05, 3.63) is 106 Å². The van der Waals surface area contributed by atoms with Gasteiger partial charge in [-0.25, -0.2) is 0 Å². The van der Waals surface area contributed by atoms with Gasteiger partial charge >= 0.3 is 0 Å². The molecule has 0 unspecified atom stereocenters. The van der Waals surface area contributed by atoms with Crippen LogP contribution in [0.4, 0.5) is 0 Å². The van der Waals surface area contributed by atoms with Gasteiger partial charge in [-0.2, -0.15) is 0 Å². The van der Waals surface area contributed by atoms with Crippen LogP contribution in [0.5, 0.6) is 0 Å². The molecule has 0 atom stereocenters. The maximum atomic E-state index is 12.2. The molecule has 0 aliphatic rings. The molecule has 1 heteroatoms. The molecule has 0 aliphatic carbocycles. The van der Waals surface area contributed by atoms with E-state index in [2.05, 4.69) is 83.1 Å². The average molecular weight is 415 g/mol. The third-order valence-electron chi connectivity index (χ3n) is 5.17. The zero-order valence-corrected chi connectivity index (χ0v) is 20.1. The van der Waals surface area contributed by atoms with E-state index in [4.69, 9.17) is 0 Å². The first-order valence-electron chi connectivity index (χ1n) is 11.5. The van der Waals surface area contributed by atoms with Gasteiger partial charge in [-0.05, 0) is 55.2 Å². The van der Waals surface area contributed by atoms with Gasteiger partial charge in [-0.3, -0.25) is 4.79 Å². The van der Waals surface area contributed by atoms with Gasteiger partial charge in [0.2, 0.25) is 0 Å². The molecule has 0 aliphatic heterocycles. The Morgan fingerprint density at radius 3 is 1.35 bits per heavy atom. The first-order chi connectivity index (χ1) is 14.7. The van der Waals surface area contributed by atoms with Gasteiger partial charge < -0.3 is 0 Å². The number of carbonyl (C=O) groups is 1. The molecule has 3 aromatic carbocycles. The van der Waals surface area contributed by atoms with Gasteiger partial charge in [0.25, 0.3) is 0 Å².